The number of nitrogens with one attached hydrogen (secondary N) is 5. The number of carbonyl (C=O) groups excluding carboxylic acids is 4. The first-order valence-electron chi connectivity index (χ1n) is 18.4. The van der Waals surface area contributed by atoms with E-state index in [1.807, 2.05) is 50.9 Å². The number of aromatic amines is 2. The first kappa shape index (κ1) is 37.4. The van der Waals surface area contributed by atoms with Crippen LogP contribution in [-0.2, 0) is 19.1 Å². The molecule has 0 unspecified atom stereocenters. The Morgan fingerprint density at radius 3 is 2.13 bits per heavy atom. The van der Waals surface area contributed by atoms with Crippen molar-refractivity contribution in [2.45, 2.75) is 89.9 Å². The Labute approximate surface area is 309 Å². The maximum Gasteiger partial charge on any atom is 0.407 e. The van der Waals surface area contributed by atoms with Gasteiger partial charge in [-0.2, -0.15) is 0 Å². The summed E-state index contributed by atoms with van der Waals surface area (Å²) in [6.07, 6.45) is 4.89. The van der Waals surface area contributed by atoms with E-state index in [-0.39, 0.29) is 41.7 Å². The van der Waals surface area contributed by atoms with Crippen LogP contribution in [0.5, 0.6) is 0 Å². The lowest BCUT2D eigenvalue weighted by Crippen LogP contribution is -2.52. The summed E-state index contributed by atoms with van der Waals surface area (Å²) >= 11 is 0. The number of hydrogen-bond donors (Lipinski definition) is 5. The molecule has 282 valence electrons. The summed E-state index contributed by atoms with van der Waals surface area (Å²) in [6.45, 7) is 8.16. The second kappa shape index (κ2) is 16.1. The highest BCUT2D eigenvalue weighted by Crippen LogP contribution is 2.36. The van der Waals surface area contributed by atoms with Crippen molar-refractivity contribution in [3.63, 3.8) is 0 Å². The van der Waals surface area contributed by atoms with Gasteiger partial charge in [0.1, 0.15) is 23.7 Å². The SMILES string of the molecule is COC(=O)N[C@H](C(=O)N[C@H]1CCC[C@@H]1c1ncc(-c2ccc(-c3ccc4nc([C@@H]5CCCN5C(=O)[C@@H](NC(=O)OC)C(C)C)[nH]c4c3)cc2)[nH]1)C(C)C. The highest BCUT2D eigenvalue weighted by Gasteiger charge is 2.38. The Morgan fingerprint density at radius 1 is 0.792 bits per heavy atom. The predicted octanol–water partition coefficient (Wildman–Crippen LogP) is 5.80. The normalized spacial score (nSPS) is 19.7. The van der Waals surface area contributed by atoms with Crippen molar-refractivity contribution in [1.29, 1.82) is 0 Å². The van der Waals surface area contributed by atoms with E-state index in [4.69, 9.17) is 19.4 Å². The van der Waals surface area contributed by atoms with Crippen LogP contribution in [0.1, 0.15) is 83.4 Å². The van der Waals surface area contributed by atoms with E-state index in [1.165, 1.54) is 14.2 Å². The Hall–Kier alpha value is -5.40. The van der Waals surface area contributed by atoms with Gasteiger partial charge in [0.15, 0.2) is 0 Å². The van der Waals surface area contributed by atoms with Gasteiger partial charge >= 0.3 is 12.2 Å². The Balaban J connectivity index is 1.13. The highest BCUT2D eigenvalue weighted by atomic mass is 16.5. The van der Waals surface area contributed by atoms with Crippen molar-refractivity contribution in [3.8, 4) is 22.4 Å². The van der Waals surface area contributed by atoms with Crippen molar-refractivity contribution in [2.24, 2.45) is 11.8 Å². The number of alkyl carbamates (subject to hydrolysis) is 2. The molecule has 6 rings (SSSR count). The molecule has 2 aromatic carbocycles. The summed E-state index contributed by atoms with van der Waals surface area (Å²) in [6, 6.07) is 12.7. The molecule has 0 bridgehead atoms. The first-order valence-corrected chi connectivity index (χ1v) is 18.4. The third-order valence-electron chi connectivity index (χ3n) is 10.5. The second-order valence-electron chi connectivity index (χ2n) is 14.7. The summed E-state index contributed by atoms with van der Waals surface area (Å²) in [4.78, 5) is 68.9. The van der Waals surface area contributed by atoms with Gasteiger partial charge in [-0.25, -0.2) is 19.6 Å². The lowest BCUT2D eigenvalue weighted by molar-refractivity contribution is -0.135. The molecule has 14 nitrogen and oxygen atoms in total. The monoisotopic (exact) mass is 726 g/mol. The summed E-state index contributed by atoms with van der Waals surface area (Å²) in [5.41, 5.74) is 5.64. The second-order valence-corrected chi connectivity index (χ2v) is 14.7. The molecule has 2 fully saturated rings. The Morgan fingerprint density at radius 2 is 1.45 bits per heavy atom. The number of benzene rings is 2. The number of fused-ring (bicyclic) bond motifs is 1. The van der Waals surface area contributed by atoms with Gasteiger partial charge < -0.3 is 40.3 Å². The number of carbonyl (C=O) groups is 4. The molecule has 0 radical (unpaired) electrons. The largest absolute Gasteiger partial charge is 0.453 e. The van der Waals surface area contributed by atoms with Gasteiger partial charge in [-0.1, -0.05) is 64.4 Å². The van der Waals surface area contributed by atoms with E-state index in [2.05, 4.69) is 56.3 Å². The summed E-state index contributed by atoms with van der Waals surface area (Å²) in [5, 5.41) is 8.50. The van der Waals surface area contributed by atoms with Crippen molar-refractivity contribution in [1.82, 2.24) is 40.8 Å². The maximum absolute atomic E-state index is 13.6. The number of hydrogen-bond acceptors (Lipinski definition) is 8. The molecule has 1 aliphatic carbocycles. The van der Waals surface area contributed by atoms with Crippen molar-refractivity contribution in [2.75, 3.05) is 20.8 Å². The Kier molecular flexibility index (Phi) is 11.3. The number of H-pyrrole nitrogens is 2. The maximum atomic E-state index is 13.6. The van der Waals surface area contributed by atoms with E-state index >= 15 is 0 Å². The number of rotatable bonds is 11. The molecule has 1 saturated heterocycles. The molecular formula is C39H50N8O6. The number of aromatic nitrogens is 4. The minimum absolute atomic E-state index is 0.0338. The minimum atomic E-state index is -0.695. The summed E-state index contributed by atoms with van der Waals surface area (Å²) in [5.74, 6) is 1.02. The smallest absolute Gasteiger partial charge is 0.407 e. The molecule has 14 heteroatoms. The lowest BCUT2D eigenvalue weighted by atomic mass is 10.00. The molecule has 4 aromatic rings. The lowest BCUT2D eigenvalue weighted by Gasteiger charge is -2.29. The van der Waals surface area contributed by atoms with Crippen LogP contribution in [0.3, 0.4) is 0 Å². The molecule has 0 spiro atoms. The molecule has 5 N–H and O–H groups in total. The fraction of sp³-hybridized carbons (Fsp3) is 0.487. The van der Waals surface area contributed by atoms with Crippen LogP contribution in [0.2, 0.25) is 0 Å². The Bertz CT molecular complexity index is 1940. The number of amides is 4. The summed E-state index contributed by atoms with van der Waals surface area (Å²) in [7, 11) is 2.57. The first-order chi connectivity index (χ1) is 25.5. The van der Waals surface area contributed by atoms with Crippen molar-refractivity contribution < 1.29 is 28.7 Å². The number of methoxy groups -OCH3 is 2. The molecule has 1 saturated carbocycles. The summed E-state index contributed by atoms with van der Waals surface area (Å²) < 4.78 is 9.48. The van der Waals surface area contributed by atoms with Gasteiger partial charge in [0.25, 0.3) is 0 Å². The minimum Gasteiger partial charge on any atom is -0.453 e. The van der Waals surface area contributed by atoms with Crippen LogP contribution < -0.4 is 16.0 Å². The van der Waals surface area contributed by atoms with Crippen LogP contribution in [0.4, 0.5) is 9.59 Å². The standard InChI is InChI=1S/C39H50N8O6/c1-21(2)32(45-38(50)52-5)36(48)44-27-10-7-9-26(27)34-40-20-30(43-34)24-14-12-23(13-15-24)25-16-17-28-29(19-25)42-35(41-28)31-11-8-18-47(31)37(49)33(22(3)4)46-39(51)53-6/h12-17,19-22,26-27,31-33H,7-11,18H2,1-6H3,(H,40,43)(H,41,42)(H,44,48)(H,45,50)(H,46,51)/t26-,27-,31-,32-,33-/m0/s1. The molecule has 2 aromatic heterocycles. The topological polar surface area (TPSA) is 183 Å². The van der Waals surface area contributed by atoms with Gasteiger partial charge in [-0.3, -0.25) is 9.59 Å². The number of nitrogens with zero attached hydrogens (tertiary/aromatic N) is 3. The average molecular weight is 727 g/mol. The van der Waals surface area contributed by atoms with Crippen molar-refractivity contribution in [3.05, 3.63) is 60.3 Å². The van der Waals surface area contributed by atoms with Crippen LogP contribution in [0, 0.1) is 11.8 Å². The zero-order chi connectivity index (χ0) is 37.8. The third-order valence-corrected chi connectivity index (χ3v) is 10.5. The number of imidazole rings is 2. The van der Waals surface area contributed by atoms with E-state index < -0.39 is 24.3 Å². The van der Waals surface area contributed by atoms with E-state index in [0.717, 1.165) is 77.2 Å². The fourth-order valence-electron chi connectivity index (χ4n) is 7.53. The average Bonchev–Trinajstić information content (AvgIpc) is 3.98. The molecule has 3 heterocycles. The van der Waals surface area contributed by atoms with E-state index in [1.54, 1.807) is 0 Å². The molecule has 5 atom stereocenters. The van der Waals surface area contributed by atoms with Crippen molar-refractivity contribution >= 4 is 35.0 Å². The zero-order valence-electron chi connectivity index (χ0n) is 31.2. The van der Waals surface area contributed by atoms with Crippen LogP contribution >= 0.6 is 0 Å². The quantitative estimate of drug-likeness (QED) is 0.129. The van der Waals surface area contributed by atoms with Crippen LogP contribution in [-0.4, -0.2) is 87.7 Å². The molecular weight excluding hydrogens is 676 g/mol. The van der Waals surface area contributed by atoms with Gasteiger partial charge in [0, 0.05) is 18.5 Å². The van der Waals surface area contributed by atoms with Gasteiger partial charge in [0.05, 0.1) is 43.2 Å². The zero-order valence-corrected chi connectivity index (χ0v) is 31.2. The fourth-order valence-corrected chi connectivity index (χ4v) is 7.53. The molecule has 1 aliphatic heterocycles. The predicted molar refractivity (Wildman–Crippen MR) is 200 cm³/mol. The van der Waals surface area contributed by atoms with Gasteiger partial charge in [-0.05, 0) is 66.3 Å². The van der Waals surface area contributed by atoms with E-state index in [9.17, 15) is 19.2 Å². The third kappa shape index (κ3) is 8.16. The van der Waals surface area contributed by atoms with Gasteiger partial charge in [-0.15, -0.1) is 0 Å². The molecule has 4 amide bonds. The van der Waals surface area contributed by atoms with Crippen LogP contribution in [0.15, 0.2) is 48.7 Å². The molecule has 53 heavy (non-hydrogen) atoms. The highest BCUT2D eigenvalue weighted by molar-refractivity contribution is 5.87. The van der Waals surface area contributed by atoms with E-state index in [0.29, 0.717) is 6.54 Å². The molecule has 2 aliphatic rings. The van der Waals surface area contributed by atoms with Crippen LogP contribution in [0.25, 0.3) is 33.4 Å². The van der Waals surface area contributed by atoms with Gasteiger partial charge in [0.2, 0.25) is 11.8 Å². The number of likely N-dealkylation sites (tertiary alicyclic amines) is 1. The number of ether oxygens (including phenoxy) is 2.